The fraction of sp³-hybridized carbons (Fsp3) is 0.611. The van der Waals surface area contributed by atoms with Crippen LogP contribution in [0.2, 0.25) is 0 Å². The predicted molar refractivity (Wildman–Crippen MR) is 82.4 cm³/mol. The number of nitrogens with zero attached hydrogens (tertiary/aromatic N) is 1. The van der Waals surface area contributed by atoms with E-state index < -0.39 is 17.1 Å². The van der Waals surface area contributed by atoms with E-state index in [9.17, 15) is 15.0 Å². The number of likely N-dealkylation sites (tertiary alicyclic amines) is 1. The molecule has 0 aromatic heterocycles. The molecule has 23 heavy (non-hydrogen) atoms. The maximum absolute atomic E-state index is 12.6. The molecular weight excluding hydrogens is 294 g/mol. The van der Waals surface area contributed by atoms with E-state index in [0.29, 0.717) is 18.6 Å². The quantitative estimate of drug-likeness (QED) is 0.791. The number of ether oxygens (including phenoxy) is 1. The number of ketones is 1. The second-order valence-electron chi connectivity index (χ2n) is 7.56. The number of hydrogen-bond donors (Lipinski definition) is 2. The fourth-order valence-corrected chi connectivity index (χ4v) is 5.73. The van der Waals surface area contributed by atoms with E-state index in [1.165, 1.54) is 0 Å². The third-order valence-electron chi connectivity index (χ3n) is 6.80. The molecule has 4 atom stereocenters. The maximum Gasteiger partial charge on any atom is 0.174 e. The van der Waals surface area contributed by atoms with Crippen molar-refractivity contribution in [1.82, 2.24) is 4.90 Å². The summed E-state index contributed by atoms with van der Waals surface area (Å²) in [6, 6.07) is 3.96. The highest BCUT2D eigenvalue weighted by molar-refractivity contribution is 5.89. The van der Waals surface area contributed by atoms with Crippen LogP contribution in [-0.4, -0.2) is 52.2 Å². The van der Waals surface area contributed by atoms with Crippen LogP contribution in [0, 0.1) is 0 Å². The third kappa shape index (κ3) is 1.35. The number of hydrogen-bond acceptors (Lipinski definition) is 5. The lowest BCUT2D eigenvalue weighted by Crippen LogP contribution is -2.76. The summed E-state index contributed by atoms with van der Waals surface area (Å²) in [5, 5.41) is 21.4. The summed E-state index contributed by atoms with van der Waals surface area (Å²) >= 11 is 0. The normalized spacial score (nSPS) is 40.7. The van der Waals surface area contributed by atoms with Gasteiger partial charge in [-0.3, -0.25) is 4.79 Å². The second-order valence-corrected chi connectivity index (χ2v) is 7.56. The van der Waals surface area contributed by atoms with Gasteiger partial charge < -0.3 is 19.8 Å². The number of likely N-dealkylation sites (N-methyl/N-ethyl adjacent to an activating group) is 1. The molecule has 1 saturated heterocycles. The smallest absolute Gasteiger partial charge is 0.174 e. The van der Waals surface area contributed by atoms with Gasteiger partial charge in [-0.1, -0.05) is 12.1 Å². The van der Waals surface area contributed by atoms with E-state index in [-0.39, 0.29) is 18.4 Å². The van der Waals surface area contributed by atoms with Crippen LogP contribution >= 0.6 is 0 Å². The molecule has 2 unspecified atom stereocenters. The number of benzene rings is 1. The first-order valence-electron chi connectivity index (χ1n) is 8.41. The van der Waals surface area contributed by atoms with E-state index >= 15 is 0 Å². The summed E-state index contributed by atoms with van der Waals surface area (Å²) in [7, 11) is 2.06. The molecule has 2 N–H and O–H groups in total. The first-order valence-corrected chi connectivity index (χ1v) is 8.41. The molecule has 4 aliphatic rings. The molecule has 2 fully saturated rings. The van der Waals surface area contributed by atoms with Gasteiger partial charge in [-0.2, -0.15) is 0 Å². The molecule has 1 aromatic rings. The number of aliphatic hydroxyl groups excluding tert-OH is 1. The van der Waals surface area contributed by atoms with Gasteiger partial charge >= 0.3 is 0 Å². The van der Waals surface area contributed by atoms with Crippen LogP contribution in [0.15, 0.2) is 12.1 Å². The Morgan fingerprint density at radius 2 is 2.22 bits per heavy atom. The first-order chi connectivity index (χ1) is 11.0. The molecular formula is C18H21NO4. The Morgan fingerprint density at radius 3 is 3.00 bits per heavy atom. The Morgan fingerprint density at radius 1 is 1.39 bits per heavy atom. The SMILES string of the molecule is CN1CC[C@]23c4c5ccc(CO)c4OC2C(=O)CCC3(O)[C@H]1C5. The van der Waals surface area contributed by atoms with Gasteiger partial charge in [0.25, 0.3) is 0 Å². The van der Waals surface area contributed by atoms with Crippen molar-refractivity contribution in [2.24, 2.45) is 0 Å². The Balaban J connectivity index is 1.86. The zero-order valence-electron chi connectivity index (χ0n) is 13.2. The molecule has 5 heteroatoms. The molecule has 1 spiro atoms. The Bertz CT molecular complexity index is 732. The van der Waals surface area contributed by atoms with Crippen molar-refractivity contribution in [3.8, 4) is 5.75 Å². The molecule has 5 rings (SSSR count). The lowest BCUT2D eigenvalue weighted by Gasteiger charge is -2.62. The Hall–Kier alpha value is -1.43. The van der Waals surface area contributed by atoms with Gasteiger partial charge in [0.15, 0.2) is 11.9 Å². The largest absolute Gasteiger partial charge is 0.481 e. The summed E-state index contributed by atoms with van der Waals surface area (Å²) in [5.41, 5.74) is 1.34. The molecule has 1 saturated carbocycles. The molecule has 2 aliphatic carbocycles. The average Bonchev–Trinajstić information content (AvgIpc) is 2.90. The molecule has 0 amide bonds. The number of rotatable bonds is 1. The monoisotopic (exact) mass is 315 g/mol. The van der Waals surface area contributed by atoms with Gasteiger partial charge in [0.1, 0.15) is 5.75 Å². The van der Waals surface area contributed by atoms with Gasteiger partial charge in [0.05, 0.1) is 17.6 Å². The summed E-state index contributed by atoms with van der Waals surface area (Å²) < 4.78 is 6.13. The van der Waals surface area contributed by atoms with Gasteiger partial charge in [-0.05, 0) is 38.4 Å². The van der Waals surface area contributed by atoms with Crippen molar-refractivity contribution in [2.75, 3.05) is 13.6 Å². The molecule has 2 bridgehead atoms. The van der Waals surface area contributed by atoms with E-state index in [1.807, 2.05) is 12.1 Å². The van der Waals surface area contributed by atoms with Crippen LogP contribution in [-0.2, 0) is 23.2 Å². The van der Waals surface area contributed by atoms with Crippen molar-refractivity contribution in [3.63, 3.8) is 0 Å². The lowest BCUT2D eigenvalue weighted by atomic mass is 9.49. The number of piperidine rings is 1. The topological polar surface area (TPSA) is 70.0 Å². The Labute approximate surface area is 134 Å². The van der Waals surface area contributed by atoms with E-state index in [0.717, 1.165) is 36.1 Å². The van der Waals surface area contributed by atoms with E-state index in [4.69, 9.17) is 4.74 Å². The van der Waals surface area contributed by atoms with Crippen LogP contribution in [0.3, 0.4) is 0 Å². The third-order valence-corrected chi connectivity index (χ3v) is 6.80. The minimum absolute atomic E-state index is 0.0221. The standard InChI is InChI=1S/C18H21NO4/c1-19-7-6-17-14-10-2-3-11(9-20)15(14)23-16(17)12(21)4-5-18(17,22)13(19)8-10/h2-3,13,16,20,22H,4-9H2,1H3/t13-,16?,17+,18?/m1/s1. The van der Waals surface area contributed by atoms with Crippen LogP contribution in [0.1, 0.15) is 36.0 Å². The minimum atomic E-state index is -0.926. The van der Waals surface area contributed by atoms with Crippen molar-refractivity contribution < 1.29 is 19.7 Å². The zero-order chi connectivity index (χ0) is 16.0. The first kappa shape index (κ1) is 14.0. The second kappa shape index (κ2) is 4.15. The molecule has 5 nitrogen and oxygen atoms in total. The van der Waals surface area contributed by atoms with Crippen molar-refractivity contribution in [2.45, 2.75) is 55.5 Å². The van der Waals surface area contributed by atoms with Crippen molar-refractivity contribution >= 4 is 5.78 Å². The molecule has 1 aromatic carbocycles. The van der Waals surface area contributed by atoms with Crippen LogP contribution in [0.25, 0.3) is 0 Å². The molecule has 0 radical (unpaired) electrons. The van der Waals surface area contributed by atoms with Crippen LogP contribution in [0.4, 0.5) is 0 Å². The van der Waals surface area contributed by atoms with Gasteiger partial charge in [0, 0.05) is 23.6 Å². The summed E-state index contributed by atoms with van der Waals surface area (Å²) in [6.45, 7) is 0.740. The zero-order valence-corrected chi connectivity index (χ0v) is 13.2. The van der Waals surface area contributed by atoms with Crippen molar-refractivity contribution in [1.29, 1.82) is 0 Å². The highest BCUT2D eigenvalue weighted by Crippen LogP contribution is 2.63. The number of carbonyl (C=O) groups excluding carboxylic acids is 1. The molecule has 2 aliphatic heterocycles. The lowest BCUT2D eigenvalue weighted by molar-refractivity contribution is -0.185. The summed E-state index contributed by atoms with van der Waals surface area (Å²) in [4.78, 5) is 14.9. The van der Waals surface area contributed by atoms with Crippen LogP contribution < -0.4 is 4.74 Å². The molecule has 2 heterocycles. The minimum Gasteiger partial charge on any atom is -0.481 e. The Kier molecular flexibility index (Phi) is 2.52. The summed E-state index contributed by atoms with van der Waals surface area (Å²) in [5.74, 6) is 0.748. The number of carbonyl (C=O) groups is 1. The van der Waals surface area contributed by atoms with Gasteiger partial charge in [0.2, 0.25) is 0 Å². The van der Waals surface area contributed by atoms with Crippen molar-refractivity contribution in [3.05, 3.63) is 28.8 Å². The summed E-state index contributed by atoms with van der Waals surface area (Å²) in [6.07, 6.45) is 1.77. The predicted octanol–water partition coefficient (Wildman–Crippen LogP) is 0.532. The number of aliphatic hydroxyl groups is 2. The highest BCUT2D eigenvalue weighted by Gasteiger charge is 2.72. The average molecular weight is 315 g/mol. The van der Waals surface area contributed by atoms with Gasteiger partial charge in [-0.15, -0.1) is 0 Å². The highest BCUT2D eigenvalue weighted by atomic mass is 16.5. The van der Waals surface area contributed by atoms with Gasteiger partial charge in [-0.25, -0.2) is 0 Å². The van der Waals surface area contributed by atoms with E-state index in [2.05, 4.69) is 11.9 Å². The van der Waals surface area contributed by atoms with Crippen LogP contribution in [0.5, 0.6) is 5.75 Å². The number of Topliss-reactive ketones (excluding diaryl/α,β-unsaturated/α-hetero) is 1. The maximum atomic E-state index is 12.6. The van der Waals surface area contributed by atoms with E-state index in [1.54, 1.807) is 0 Å². The fourth-order valence-electron chi connectivity index (χ4n) is 5.73. The molecule has 122 valence electrons.